The highest BCUT2D eigenvalue weighted by Gasteiger charge is 2.04. The van der Waals surface area contributed by atoms with Crippen LogP contribution in [0.15, 0.2) is 0 Å². The van der Waals surface area contributed by atoms with Crippen molar-refractivity contribution < 1.29 is 23.7 Å². The van der Waals surface area contributed by atoms with Crippen molar-refractivity contribution >= 4 is 5.78 Å². The summed E-state index contributed by atoms with van der Waals surface area (Å²) in [6.45, 7) is 6.78. The van der Waals surface area contributed by atoms with Gasteiger partial charge in [-0.2, -0.15) is 0 Å². The molecule has 0 saturated carbocycles. The van der Waals surface area contributed by atoms with Crippen LogP contribution in [-0.2, 0) is 23.7 Å². The van der Waals surface area contributed by atoms with Crippen molar-refractivity contribution in [3.63, 3.8) is 0 Å². The highest BCUT2D eigenvalue weighted by atomic mass is 16.6. The fourth-order valence-electron chi connectivity index (χ4n) is 1.24. The van der Waals surface area contributed by atoms with Crippen LogP contribution in [0, 0.1) is 0 Å². The molecule has 1 unspecified atom stereocenters. The molecule has 0 aliphatic rings. The lowest BCUT2D eigenvalue weighted by atomic mass is 10.2. The maximum absolute atomic E-state index is 10.8. The van der Waals surface area contributed by atoms with Gasteiger partial charge in [0, 0.05) is 13.5 Å². The molecule has 1 atom stereocenters. The van der Waals surface area contributed by atoms with Gasteiger partial charge in [-0.25, -0.2) is 0 Å². The highest BCUT2D eigenvalue weighted by molar-refractivity contribution is 5.75. The zero-order valence-corrected chi connectivity index (χ0v) is 11.1. The van der Waals surface area contributed by atoms with Crippen LogP contribution < -0.4 is 0 Å². The SMILES string of the molecule is COCCOCCOCCOC(C)CC(C)=O. The Hall–Kier alpha value is -0.490. The van der Waals surface area contributed by atoms with Crippen molar-refractivity contribution in [2.75, 3.05) is 46.8 Å². The van der Waals surface area contributed by atoms with E-state index in [0.717, 1.165) is 0 Å². The van der Waals surface area contributed by atoms with Gasteiger partial charge in [0.05, 0.1) is 45.7 Å². The van der Waals surface area contributed by atoms with Gasteiger partial charge in [-0.15, -0.1) is 0 Å². The van der Waals surface area contributed by atoms with Crippen molar-refractivity contribution in [1.29, 1.82) is 0 Å². The number of methoxy groups -OCH3 is 1. The predicted molar refractivity (Wildman–Crippen MR) is 64.2 cm³/mol. The number of ether oxygens (including phenoxy) is 4. The van der Waals surface area contributed by atoms with Gasteiger partial charge < -0.3 is 18.9 Å². The first-order valence-electron chi connectivity index (χ1n) is 5.92. The molecule has 0 bridgehead atoms. The van der Waals surface area contributed by atoms with E-state index in [1.807, 2.05) is 6.92 Å². The topological polar surface area (TPSA) is 54.0 Å². The van der Waals surface area contributed by atoms with Crippen LogP contribution in [0.4, 0.5) is 0 Å². The van der Waals surface area contributed by atoms with Gasteiger partial charge in [-0.05, 0) is 13.8 Å². The molecule has 102 valence electrons. The lowest BCUT2D eigenvalue weighted by Gasteiger charge is -2.11. The first-order chi connectivity index (χ1) is 8.16. The molecule has 0 aromatic heterocycles. The lowest BCUT2D eigenvalue weighted by Crippen LogP contribution is -2.17. The van der Waals surface area contributed by atoms with E-state index in [0.29, 0.717) is 46.1 Å². The van der Waals surface area contributed by atoms with Crippen molar-refractivity contribution in [3.8, 4) is 0 Å². The third-order valence-corrected chi connectivity index (χ3v) is 2.01. The van der Waals surface area contributed by atoms with Gasteiger partial charge in [0.1, 0.15) is 5.78 Å². The number of carbonyl (C=O) groups is 1. The third kappa shape index (κ3) is 13.4. The Morgan fingerprint density at radius 1 is 1.00 bits per heavy atom. The van der Waals surface area contributed by atoms with Crippen LogP contribution in [0.2, 0.25) is 0 Å². The van der Waals surface area contributed by atoms with E-state index in [-0.39, 0.29) is 11.9 Å². The minimum absolute atomic E-state index is 0.0333. The smallest absolute Gasteiger partial charge is 0.132 e. The number of carbonyl (C=O) groups excluding carboxylic acids is 1. The number of hydrogen-bond acceptors (Lipinski definition) is 5. The second kappa shape index (κ2) is 12.0. The maximum Gasteiger partial charge on any atom is 0.132 e. The molecular weight excluding hydrogens is 224 g/mol. The highest BCUT2D eigenvalue weighted by Crippen LogP contribution is 1.97. The monoisotopic (exact) mass is 248 g/mol. The Labute approximate surface area is 103 Å². The first-order valence-corrected chi connectivity index (χ1v) is 5.92. The molecule has 0 aromatic carbocycles. The number of hydrogen-bond donors (Lipinski definition) is 0. The fourth-order valence-corrected chi connectivity index (χ4v) is 1.24. The van der Waals surface area contributed by atoms with Gasteiger partial charge in [0.15, 0.2) is 0 Å². The average Bonchev–Trinajstić information content (AvgIpc) is 2.26. The van der Waals surface area contributed by atoms with E-state index in [2.05, 4.69) is 0 Å². The first kappa shape index (κ1) is 16.5. The normalized spacial score (nSPS) is 12.6. The zero-order valence-electron chi connectivity index (χ0n) is 11.1. The summed E-state index contributed by atoms with van der Waals surface area (Å²) in [7, 11) is 1.64. The molecule has 0 rings (SSSR count). The molecule has 0 spiro atoms. The van der Waals surface area contributed by atoms with Crippen LogP contribution in [0.5, 0.6) is 0 Å². The van der Waals surface area contributed by atoms with Crippen molar-refractivity contribution in [2.24, 2.45) is 0 Å². The summed E-state index contributed by atoms with van der Waals surface area (Å²) in [4.78, 5) is 10.8. The van der Waals surface area contributed by atoms with Crippen LogP contribution in [0.25, 0.3) is 0 Å². The molecule has 0 radical (unpaired) electrons. The zero-order chi connectivity index (χ0) is 12.9. The second-order valence-corrected chi connectivity index (χ2v) is 3.81. The number of Topliss-reactive ketones (excluding diaryl/α,β-unsaturated/α-hetero) is 1. The summed E-state index contributed by atoms with van der Waals surface area (Å²) in [6.07, 6.45) is 0.425. The van der Waals surface area contributed by atoms with Crippen molar-refractivity contribution in [2.45, 2.75) is 26.4 Å². The largest absolute Gasteiger partial charge is 0.382 e. The summed E-state index contributed by atoms with van der Waals surface area (Å²) in [5, 5.41) is 0. The molecule has 0 fully saturated rings. The Morgan fingerprint density at radius 3 is 2.06 bits per heavy atom. The minimum atomic E-state index is -0.0333. The molecule has 0 saturated heterocycles. The number of ketones is 1. The van der Waals surface area contributed by atoms with E-state index in [4.69, 9.17) is 18.9 Å². The lowest BCUT2D eigenvalue weighted by molar-refractivity contribution is -0.119. The average molecular weight is 248 g/mol. The second-order valence-electron chi connectivity index (χ2n) is 3.81. The molecule has 0 heterocycles. The fraction of sp³-hybridized carbons (Fsp3) is 0.917. The van der Waals surface area contributed by atoms with Crippen molar-refractivity contribution in [3.05, 3.63) is 0 Å². The predicted octanol–water partition coefficient (Wildman–Crippen LogP) is 1.05. The molecule has 17 heavy (non-hydrogen) atoms. The summed E-state index contributed by atoms with van der Waals surface area (Å²) < 4.78 is 20.7. The molecular formula is C12H24O5. The minimum Gasteiger partial charge on any atom is -0.382 e. The van der Waals surface area contributed by atoms with Gasteiger partial charge in [-0.3, -0.25) is 4.79 Å². The van der Waals surface area contributed by atoms with Crippen molar-refractivity contribution in [1.82, 2.24) is 0 Å². The molecule has 0 aliphatic carbocycles. The molecule has 5 nitrogen and oxygen atoms in total. The summed E-state index contributed by atoms with van der Waals surface area (Å²) in [6, 6.07) is 0. The molecule has 0 aliphatic heterocycles. The molecule has 5 heteroatoms. The van der Waals surface area contributed by atoms with E-state index in [9.17, 15) is 4.79 Å². The summed E-state index contributed by atoms with van der Waals surface area (Å²) >= 11 is 0. The Bertz CT molecular complexity index is 184. The maximum atomic E-state index is 10.8. The van der Waals surface area contributed by atoms with Crippen LogP contribution in [-0.4, -0.2) is 58.6 Å². The molecule has 0 amide bonds. The summed E-state index contributed by atoms with van der Waals surface area (Å²) in [5.41, 5.74) is 0. The van der Waals surface area contributed by atoms with E-state index in [1.54, 1.807) is 14.0 Å². The van der Waals surface area contributed by atoms with Gasteiger partial charge in [0.25, 0.3) is 0 Å². The van der Waals surface area contributed by atoms with Crippen LogP contribution in [0.3, 0.4) is 0 Å². The Balaban J connectivity index is 3.10. The van der Waals surface area contributed by atoms with E-state index in [1.165, 1.54) is 0 Å². The quantitative estimate of drug-likeness (QED) is 0.483. The third-order valence-electron chi connectivity index (χ3n) is 2.01. The van der Waals surface area contributed by atoms with E-state index < -0.39 is 0 Å². The number of rotatable bonds is 12. The van der Waals surface area contributed by atoms with Crippen LogP contribution >= 0.6 is 0 Å². The van der Waals surface area contributed by atoms with Crippen LogP contribution in [0.1, 0.15) is 20.3 Å². The van der Waals surface area contributed by atoms with Gasteiger partial charge in [-0.1, -0.05) is 0 Å². The summed E-state index contributed by atoms with van der Waals surface area (Å²) in [5.74, 6) is 0.143. The van der Waals surface area contributed by atoms with E-state index >= 15 is 0 Å². The molecule has 0 aromatic rings. The standard InChI is InChI=1S/C12H24O5/c1-11(13)10-12(2)17-9-8-16-7-6-15-5-4-14-3/h12H,4-10H2,1-3H3. The van der Waals surface area contributed by atoms with Gasteiger partial charge >= 0.3 is 0 Å². The Morgan fingerprint density at radius 2 is 1.53 bits per heavy atom. The van der Waals surface area contributed by atoms with Gasteiger partial charge in [0.2, 0.25) is 0 Å². The Kier molecular flexibility index (Phi) is 11.6. The molecule has 0 N–H and O–H groups in total.